The molecule has 0 saturated carbocycles. The van der Waals surface area contributed by atoms with Crippen molar-refractivity contribution in [3.05, 3.63) is 58.7 Å². The van der Waals surface area contributed by atoms with E-state index in [1.807, 2.05) is 6.92 Å². The Morgan fingerprint density at radius 2 is 2.00 bits per heavy atom. The van der Waals surface area contributed by atoms with Gasteiger partial charge in [-0.1, -0.05) is 25.1 Å². The van der Waals surface area contributed by atoms with E-state index in [-0.39, 0.29) is 23.6 Å². The normalized spacial score (nSPS) is 14.5. The van der Waals surface area contributed by atoms with E-state index >= 15 is 0 Å². The number of nitrogens with one attached hydrogen (secondary N) is 1. The van der Waals surface area contributed by atoms with Gasteiger partial charge >= 0.3 is 6.18 Å². The van der Waals surface area contributed by atoms with E-state index in [0.717, 1.165) is 11.1 Å². The first-order valence-corrected chi connectivity index (χ1v) is 9.63. The molecule has 0 radical (unpaired) electrons. The molecule has 2 aromatic carbocycles. The van der Waals surface area contributed by atoms with Crippen molar-refractivity contribution in [3.8, 4) is 5.75 Å². The Hall–Kier alpha value is -3.03. The zero-order valence-electron chi connectivity index (χ0n) is 17.0. The molecule has 0 spiro atoms. The van der Waals surface area contributed by atoms with Crippen LogP contribution in [0.2, 0.25) is 0 Å². The molecule has 160 valence electrons. The minimum absolute atomic E-state index is 0.132. The predicted octanol–water partition coefficient (Wildman–Crippen LogP) is 5.00. The highest BCUT2D eigenvalue weighted by molar-refractivity contribution is 6.02. The molecule has 2 amide bonds. The highest BCUT2D eigenvalue weighted by atomic mass is 19.4. The van der Waals surface area contributed by atoms with Crippen molar-refractivity contribution in [2.75, 3.05) is 11.9 Å². The summed E-state index contributed by atoms with van der Waals surface area (Å²) in [4.78, 5) is 26.4. The standard InChI is InChI=1S/C22H23F3N2O3/c1-4-20(28)26-18-7-5-6-16-17(18)11-27(21(16)29)14(3)15-8-9-19(13(2)10-15)30-12-22(23,24)25/h5-10,14H,4,11-12H2,1-3H3,(H,26,28). The number of carbonyl (C=O) groups is 2. The molecule has 0 aromatic heterocycles. The fourth-order valence-corrected chi connectivity index (χ4v) is 3.46. The van der Waals surface area contributed by atoms with Crippen LogP contribution in [0.1, 0.15) is 53.4 Å². The van der Waals surface area contributed by atoms with Crippen LogP contribution in [0.5, 0.6) is 5.75 Å². The maximum Gasteiger partial charge on any atom is 0.422 e. The fourth-order valence-electron chi connectivity index (χ4n) is 3.46. The highest BCUT2D eigenvalue weighted by Gasteiger charge is 2.33. The molecule has 3 rings (SSSR count). The third kappa shape index (κ3) is 4.58. The minimum Gasteiger partial charge on any atom is -0.484 e. The summed E-state index contributed by atoms with van der Waals surface area (Å²) < 4.78 is 42.0. The molecule has 0 fully saturated rings. The zero-order valence-corrected chi connectivity index (χ0v) is 17.0. The largest absolute Gasteiger partial charge is 0.484 e. The quantitative estimate of drug-likeness (QED) is 0.715. The first-order valence-electron chi connectivity index (χ1n) is 9.63. The van der Waals surface area contributed by atoms with Gasteiger partial charge in [-0.05, 0) is 43.2 Å². The van der Waals surface area contributed by atoms with Crippen LogP contribution in [0.25, 0.3) is 0 Å². The smallest absolute Gasteiger partial charge is 0.422 e. The van der Waals surface area contributed by atoms with Crippen LogP contribution in [0.15, 0.2) is 36.4 Å². The van der Waals surface area contributed by atoms with Gasteiger partial charge in [0.1, 0.15) is 5.75 Å². The fraction of sp³-hybridized carbons (Fsp3) is 0.364. The molecule has 1 aliphatic heterocycles. The summed E-state index contributed by atoms with van der Waals surface area (Å²) >= 11 is 0. The molecule has 1 N–H and O–H groups in total. The van der Waals surface area contributed by atoms with Crippen LogP contribution in [0.4, 0.5) is 18.9 Å². The van der Waals surface area contributed by atoms with E-state index in [4.69, 9.17) is 4.74 Å². The highest BCUT2D eigenvalue weighted by Crippen LogP contribution is 2.36. The third-order valence-corrected chi connectivity index (χ3v) is 5.13. The first-order chi connectivity index (χ1) is 14.1. The second-order valence-electron chi connectivity index (χ2n) is 7.27. The van der Waals surface area contributed by atoms with Gasteiger partial charge in [0, 0.05) is 29.8 Å². The number of rotatable bonds is 6. The molecule has 1 aliphatic rings. The number of carbonyl (C=O) groups excluding carboxylic acids is 2. The Morgan fingerprint density at radius 1 is 1.27 bits per heavy atom. The van der Waals surface area contributed by atoms with Crippen molar-refractivity contribution in [1.29, 1.82) is 0 Å². The van der Waals surface area contributed by atoms with E-state index in [9.17, 15) is 22.8 Å². The Morgan fingerprint density at radius 3 is 2.63 bits per heavy atom. The van der Waals surface area contributed by atoms with Crippen molar-refractivity contribution in [1.82, 2.24) is 4.90 Å². The molecule has 30 heavy (non-hydrogen) atoms. The molecule has 1 heterocycles. The maximum atomic E-state index is 12.9. The second kappa shape index (κ2) is 8.38. The van der Waals surface area contributed by atoms with E-state index < -0.39 is 12.8 Å². The van der Waals surface area contributed by atoms with Crippen LogP contribution in [-0.4, -0.2) is 29.5 Å². The van der Waals surface area contributed by atoms with Gasteiger partial charge in [0.15, 0.2) is 6.61 Å². The summed E-state index contributed by atoms with van der Waals surface area (Å²) in [5, 5.41) is 2.83. The summed E-state index contributed by atoms with van der Waals surface area (Å²) in [5.74, 6) is -0.128. The summed E-state index contributed by atoms with van der Waals surface area (Å²) in [6.07, 6.45) is -4.07. The molecule has 0 bridgehead atoms. The van der Waals surface area contributed by atoms with Crippen LogP contribution in [0, 0.1) is 6.92 Å². The lowest BCUT2D eigenvalue weighted by atomic mass is 10.0. The van der Waals surface area contributed by atoms with Gasteiger partial charge in [-0.2, -0.15) is 13.2 Å². The monoisotopic (exact) mass is 420 g/mol. The number of halogens is 3. The number of benzene rings is 2. The van der Waals surface area contributed by atoms with Crippen molar-refractivity contribution in [2.45, 2.75) is 46.0 Å². The summed E-state index contributed by atoms with van der Waals surface area (Å²) in [7, 11) is 0. The Balaban J connectivity index is 1.80. The van der Waals surface area contributed by atoms with E-state index in [0.29, 0.717) is 29.8 Å². The number of nitrogens with zero attached hydrogens (tertiary/aromatic N) is 1. The molecule has 1 atom stereocenters. The van der Waals surface area contributed by atoms with E-state index in [2.05, 4.69) is 5.32 Å². The third-order valence-electron chi connectivity index (χ3n) is 5.13. The summed E-state index contributed by atoms with van der Waals surface area (Å²) in [6, 6.07) is 9.80. The number of hydrogen-bond donors (Lipinski definition) is 1. The van der Waals surface area contributed by atoms with Crippen molar-refractivity contribution in [3.63, 3.8) is 0 Å². The second-order valence-corrected chi connectivity index (χ2v) is 7.27. The molecule has 5 nitrogen and oxygen atoms in total. The van der Waals surface area contributed by atoms with Crippen LogP contribution in [0.3, 0.4) is 0 Å². The topological polar surface area (TPSA) is 58.6 Å². The van der Waals surface area contributed by atoms with E-state index in [1.54, 1.807) is 49.1 Å². The average Bonchev–Trinajstić information content (AvgIpc) is 3.03. The zero-order chi connectivity index (χ0) is 22.1. The molecular formula is C22H23F3N2O3. The van der Waals surface area contributed by atoms with Crippen LogP contribution >= 0.6 is 0 Å². The summed E-state index contributed by atoms with van der Waals surface area (Å²) in [6.45, 7) is 4.26. The number of aryl methyl sites for hydroxylation is 1. The summed E-state index contributed by atoms with van der Waals surface area (Å²) in [5.41, 5.74) is 3.26. The van der Waals surface area contributed by atoms with Gasteiger partial charge in [0.2, 0.25) is 5.91 Å². The lowest BCUT2D eigenvalue weighted by molar-refractivity contribution is -0.153. The lowest BCUT2D eigenvalue weighted by Crippen LogP contribution is -2.27. The first kappa shape index (κ1) is 21.7. The molecule has 0 aliphatic carbocycles. The lowest BCUT2D eigenvalue weighted by Gasteiger charge is -2.25. The SMILES string of the molecule is CCC(=O)Nc1cccc2c1CN(C(C)c1ccc(OCC(F)(F)F)c(C)c1)C2=O. The van der Waals surface area contributed by atoms with Crippen molar-refractivity contribution in [2.24, 2.45) is 0 Å². The van der Waals surface area contributed by atoms with E-state index in [1.165, 1.54) is 6.07 Å². The molecular weight excluding hydrogens is 397 g/mol. The molecule has 0 saturated heterocycles. The number of fused-ring (bicyclic) bond motifs is 1. The van der Waals surface area contributed by atoms with Crippen LogP contribution in [-0.2, 0) is 11.3 Å². The molecule has 1 unspecified atom stereocenters. The number of amides is 2. The Kier molecular flexibility index (Phi) is 6.05. The Bertz CT molecular complexity index is 973. The minimum atomic E-state index is -4.41. The predicted molar refractivity (Wildman–Crippen MR) is 106 cm³/mol. The van der Waals surface area contributed by atoms with Crippen molar-refractivity contribution >= 4 is 17.5 Å². The maximum absolute atomic E-state index is 12.9. The Labute approximate surface area is 172 Å². The number of anilines is 1. The molecule has 8 heteroatoms. The number of alkyl halides is 3. The van der Waals surface area contributed by atoms with Crippen LogP contribution < -0.4 is 10.1 Å². The van der Waals surface area contributed by atoms with Gasteiger partial charge in [-0.15, -0.1) is 0 Å². The number of ether oxygens (including phenoxy) is 1. The molecule has 2 aromatic rings. The van der Waals surface area contributed by atoms with Crippen molar-refractivity contribution < 1.29 is 27.5 Å². The van der Waals surface area contributed by atoms with Gasteiger partial charge in [0.05, 0.1) is 6.04 Å². The van der Waals surface area contributed by atoms with Gasteiger partial charge in [0.25, 0.3) is 5.91 Å². The van der Waals surface area contributed by atoms with Gasteiger partial charge < -0.3 is 15.0 Å². The van der Waals surface area contributed by atoms with Gasteiger partial charge in [-0.25, -0.2) is 0 Å². The number of hydrogen-bond acceptors (Lipinski definition) is 3. The average molecular weight is 420 g/mol. The van der Waals surface area contributed by atoms with Gasteiger partial charge in [-0.3, -0.25) is 9.59 Å².